The first kappa shape index (κ1) is 14.9. The standard InChI is InChI=1S/C13H20N2O2S/c1-17-11-5-4-6-12(9-11)18-10-13(16)15-8-3-2-7-14/h4-6,9H,2-3,7-8,10,14H2,1H3,(H,15,16). The third-order valence-electron chi connectivity index (χ3n) is 2.36. The predicted molar refractivity (Wildman–Crippen MR) is 75.0 cm³/mol. The number of thioether (sulfide) groups is 1. The van der Waals surface area contributed by atoms with Crippen molar-refractivity contribution in [1.29, 1.82) is 0 Å². The molecule has 0 unspecified atom stereocenters. The summed E-state index contributed by atoms with van der Waals surface area (Å²) in [5, 5.41) is 2.87. The van der Waals surface area contributed by atoms with E-state index in [1.165, 1.54) is 11.8 Å². The number of carbonyl (C=O) groups is 1. The van der Waals surface area contributed by atoms with Crippen LogP contribution in [0.1, 0.15) is 12.8 Å². The van der Waals surface area contributed by atoms with Crippen LogP contribution in [-0.2, 0) is 4.79 Å². The zero-order valence-electron chi connectivity index (χ0n) is 10.6. The molecule has 1 aromatic rings. The van der Waals surface area contributed by atoms with Gasteiger partial charge < -0.3 is 15.8 Å². The molecule has 0 saturated heterocycles. The first-order chi connectivity index (χ1) is 8.76. The predicted octanol–water partition coefficient (Wildman–Crippen LogP) is 1.64. The summed E-state index contributed by atoms with van der Waals surface area (Å²) in [7, 11) is 1.63. The molecule has 1 rings (SSSR count). The van der Waals surface area contributed by atoms with Gasteiger partial charge in [0.25, 0.3) is 0 Å². The molecule has 0 fully saturated rings. The molecule has 1 amide bonds. The van der Waals surface area contributed by atoms with E-state index in [9.17, 15) is 4.79 Å². The highest BCUT2D eigenvalue weighted by Crippen LogP contribution is 2.22. The summed E-state index contributed by atoms with van der Waals surface area (Å²) in [6.45, 7) is 1.38. The van der Waals surface area contributed by atoms with Crippen molar-refractivity contribution in [3.8, 4) is 5.75 Å². The molecule has 0 atom stereocenters. The van der Waals surface area contributed by atoms with Crippen LogP contribution < -0.4 is 15.8 Å². The maximum atomic E-state index is 11.5. The molecule has 3 N–H and O–H groups in total. The van der Waals surface area contributed by atoms with Crippen molar-refractivity contribution in [2.45, 2.75) is 17.7 Å². The minimum atomic E-state index is 0.0554. The van der Waals surface area contributed by atoms with Gasteiger partial charge in [0.05, 0.1) is 12.9 Å². The summed E-state index contributed by atoms with van der Waals surface area (Å²) in [4.78, 5) is 12.6. The highest BCUT2D eigenvalue weighted by Gasteiger charge is 2.02. The summed E-state index contributed by atoms with van der Waals surface area (Å²) in [5.41, 5.74) is 5.38. The average molecular weight is 268 g/mol. The zero-order valence-corrected chi connectivity index (χ0v) is 11.5. The largest absolute Gasteiger partial charge is 0.497 e. The fourth-order valence-electron chi connectivity index (χ4n) is 1.39. The summed E-state index contributed by atoms with van der Waals surface area (Å²) in [5.74, 6) is 1.29. The quantitative estimate of drug-likeness (QED) is 0.556. The van der Waals surface area contributed by atoms with Gasteiger partial charge in [0.1, 0.15) is 5.75 Å². The van der Waals surface area contributed by atoms with E-state index < -0.39 is 0 Å². The molecule has 5 heteroatoms. The van der Waals surface area contributed by atoms with E-state index in [4.69, 9.17) is 10.5 Å². The Labute approximate surface area is 112 Å². The molecule has 0 aliphatic rings. The van der Waals surface area contributed by atoms with Crippen LogP contribution in [0.5, 0.6) is 5.75 Å². The second-order valence-corrected chi connectivity index (χ2v) is 4.86. The summed E-state index contributed by atoms with van der Waals surface area (Å²) in [6.07, 6.45) is 1.88. The van der Waals surface area contributed by atoms with Gasteiger partial charge in [-0.15, -0.1) is 11.8 Å². The van der Waals surface area contributed by atoms with Gasteiger partial charge in [0, 0.05) is 11.4 Å². The third kappa shape index (κ3) is 5.93. The molecule has 0 aliphatic carbocycles. The van der Waals surface area contributed by atoms with E-state index in [0.29, 0.717) is 18.8 Å². The third-order valence-corrected chi connectivity index (χ3v) is 3.36. The van der Waals surface area contributed by atoms with E-state index in [1.54, 1.807) is 7.11 Å². The number of hydrogen-bond acceptors (Lipinski definition) is 4. The lowest BCUT2D eigenvalue weighted by atomic mass is 10.3. The van der Waals surface area contributed by atoms with Crippen molar-refractivity contribution in [2.75, 3.05) is 26.0 Å². The van der Waals surface area contributed by atoms with Gasteiger partial charge in [0.2, 0.25) is 5.91 Å². The van der Waals surface area contributed by atoms with E-state index in [-0.39, 0.29) is 5.91 Å². The molecular weight excluding hydrogens is 248 g/mol. The van der Waals surface area contributed by atoms with Crippen molar-refractivity contribution < 1.29 is 9.53 Å². The van der Waals surface area contributed by atoms with Crippen LogP contribution in [0.3, 0.4) is 0 Å². The van der Waals surface area contributed by atoms with Gasteiger partial charge in [-0.1, -0.05) is 6.07 Å². The Kier molecular flexibility index (Phi) is 7.29. The second kappa shape index (κ2) is 8.83. The summed E-state index contributed by atoms with van der Waals surface area (Å²) >= 11 is 1.51. The van der Waals surface area contributed by atoms with Gasteiger partial charge in [-0.3, -0.25) is 4.79 Å². The van der Waals surface area contributed by atoms with Crippen LogP contribution >= 0.6 is 11.8 Å². The van der Waals surface area contributed by atoms with Crippen LogP contribution in [-0.4, -0.2) is 31.9 Å². The van der Waals surface area contributed by atoms with Gasteiger partial charge >= 0.3 is 0 Å². The molecule has 0 radical (unpaired) electrons. The Balaban J connectivity index is 2.24. The van der Waals surface area contributed by atoms with Gasteiger partial charge in [-0.05, 0) is 37.6 Å². The van der Waals surface area contributed by atoms with Crippen LogP contribution in [0.2, 0.25) is 0 Å². The van der Waals surface area contributed by atoms with Crippen LogP contribution in [0.25, 0.3) is 0 Å². The van der Waals surface area contributed by atoms with Gasteiger partial charge in [-0.25, -0.2) is 0 Å². The molecule has 1 aromatic carbocycles. The lowest BCUT2D eigenvalue weighted by molar-refractivity contribution is -0.118. The lowest BCUT2D eigenvalue weighted by Gasteiger charge is -2.05. The zero-order chi connectivity index (χ0) is 13.2. The average Bonchev–Trinajstić information content (AvgIpc) is 2.41. The molecule has 100 valence electrons. The number of nitrogens with two attached hydrogens (primary N) is 1. The molecule has 18 heavy (non-hydrogen) atoms. The Hall–Kier alpha value is -1.20. The van der Waals surface area contributed by atoms with Crippen LogP contribution in [0, 0.1) is 0 Å². The fraction of sp³-hybridized carbons (Fsp3) is 0.462. The van der Waals surface area contributed by atoms with E-state index in [2.05, 4.69) is 5.32 Å². The van der Waals surface area contributed by atoms with Crippen molar-refractivity contribution in [2.24, 2.45) is 5.73 Å². The maximum absolute atomic E-state index is 11.5. The molecule has 0 aromatic heterocycles. The van der Waals surface area contributed by atoms with Gasteiger partial charge in [-0.2, -0.15) is 0 Å². The highest BCUT2D eigenvalue weighted by molar-refractivity contribution is 8.00. The number of amides is 1. The van der Waals surface area contributed by atoms with Crippen molar-refractivity contribution in [3.05, 3.63) is 24.3 Å². The number of unbranched alkanes of at least 4 members (excludes halogenated alkanes) is 1. The number of methoxy groups -OCH3 is 1. The van der Waals surface area contributed by atoms with E-state index in [1.807, 2.05) is 24.3 Å². The minimum absolute atomic E-state index is 0.0554. The Bertz CT molecular complexity index is 372. The topological polar surface area (TPSA) is 64.3 Å². The molecule has 4 nitrogen and oxygen atoms in total. The monoisotopic (exact) mass is 268 g/mol. The molecule has 0 bridgehead atoms. The molecule has 0 heterocycles. The highest BCUT2D eigenvalue weighted by atomic mass is 32.2. The second-order valence-electron chi connectivity index (χ2n) is 3.81. The smallest absolute Gasteiger partial charge is 0.230 e. The first-order valence-corrected chi connectivity index (χ1v) is 6.98. The summed E-state index contributed by atoms with van der Waals surface area (Å²) < 4.78 is 5.13. The number of carbonyl (C=O) groups excluding carboxylic acids is 1. The lowest BCUT2D eigenvalue weighted by Crippen LogP contribution is -2.26. The molecule has 0 saturated carbocycles. The van der Waals surface area contributed by atoms with Crippen molar-refractivity contribution in [1.82, 2.24) is 5.32 Å². The number of nitrogens with one attached hydrogen (secondary N) is 1. The number of ether oxygens (including phenoxy) is 1. The number of rotatable bonds is 8. The molecular formula is C13H20N2O2S. The van der Waals surface area contributed by atoms with E-state index >= 15 is 0 Å². The maximum Gasteiger partial charge on any atom is 0.230 e. The fourth-order valence-corrected chi connectivity index (χ4v) is 2.16. The minimum Gasteiger partial charge on any atom is -0.497 e. The normalized spacial score (nSPS) is 10.1. The summed E-state index contributed by atoms with van der Waals surface area (Å²) in [6, 6.07) is 7.69. The Morgan fingerprint density at radius 3 is 3.00 bits per heavy atom. The van der Waals surface area contributed by atoms with Crippen LogP contribution in [0.15, 0.2) is 29.2 Å². The first-order valence-electron chi connectivity index (χ1n) is 6.00. The SMILES string of the molecule is COc1cccc(SCC(=O)NCCCCN)c1. The Morgan fingerprint density at radius 1 is 1.44 bits per heavy atom. The molecule has 0 aliphatic heterocycles. The van der Waals surface area contributed by atoms with Crippen molar-refractivity contribution >= 4 is 17.7 Å². The van der Waals surface area contributed by atoms with Gasteiger partial charge in [0.15, 0.2) is 0 Å². The van der Waals surface area contributed by atoms with Crippen molar-refractivity contribution in [3.63, 3.8) is 0 Å². The van der Waals surface area contributed by atoms with Crippen LogP contribution in [0.4, 0.5) is 0 Å². The number of benzene rings is 1. The number of hydrogen-bond donors (Lipinski definition) is 2. The molecule has 0 spiro atoms. The Morgan fingerprint density at radius 2 is 2.28 bits per heavy atom. The van der Waals surface area contributed by atoms with E-state index in [0.717, 1.165) is 23.5 Å².